The maximum atomic E-state index is 12.5. The van der Waals surface area contributed by atoms with Gasteiger partial charge in [0, 0.05) is 11.4 Å². The summed E-state index contributed by atoms with van der Waals surface area (Å²) in [4.78, 5) is 14.0. The van der Waals surface area contributed by atoms with E-state index in [1.54, 1.807) is 24.0 Å². The number of hydrogen-bond donors (Lipinski definition) is 2. The maximum absolute atomic E-state index is 12.5. The zero-order valence-electron chi connectivity index (χ0n) is 11.2. The van der Waals surface area contributed by atoms with E-state index >= 15 is 0 Å². The smallest absolute Gasteiger partial charge is 0.236 e. The molecule has 0 heterocycles. The van der Waals surface area contributed by atoms with Crippen molar-refractivity contribution < 1.29 is 15.0 Å². The van der Waals surface area contributed by atoms with Crippen molar-refractivity contribution in [2.45, 2.75) is 6.92 Å². The second-order valence-corrected chi connectivity index (χ2v) is 4.61. The van der Waals surface area contributed by atoms with Gasteiger partial charge in [0.25, 0.3) is 0 Å². The molecule has 2 aromatic rings. The molecule has 0 radical (unpaired) electrons. The Morgan fingerprint density at radius 2 is 1.60 bits per heavy atom. The molecule has 1 unspecified atom stereocenters. The van der Waals surface area contributed by atoms with Crippen LogP contribution in [0.4, 0.5) is 11.4 Å². The molecule has 20 heavy (non-hydrogen) atoms. The first-order valence-corrected chi connectivity index (χ1v) is 6.42. The zero-order valence-corrected chi connectivity index (χ0v) is 11.2. The van der Waals surface area contributed by atoms with Crippen LogP contribution in [0.5, 0.6) is 5.75 Å². The summed E-state index contributed by atoms with van der Waals surface area (Å²) in [6.07, 6.45) is 0. The minimum Gasteiger partial charge on any atom is -0.508 e. The van der Waals surface area contributed by atoms with E-state index in [0.29, 0.717) is 5.69 Å². The molecular formula is C16H17NO3. The van der Waals surface area contributed by atoms with Gasteiger partial charge in [0.15, 0.2) is 0 Å². The summed E-state index contributed by atoms with van der Waals surface area (Å²) >= 11 is 0. The number of phenols is 1. The van der Waals surface area contributed by atoms with Crippen molar-refractivity contribution in [3.63, 3.8) is 0 Å². The Kier molecular flexibility index (Phi) is 4.38. The summed E-state index contributed by atoms with van der Waals surface area (Å²) < 4.78 is 0. The van der Waals surface area contributed by atoms with E-state index in [9.17, 15) is 15.0 Å². The summed E-state index contributed by atoms with van der Waals surface area (Å²) in [7, 11) is 0. The first-order chi connectivity index (χ1) is 9.63. The summed E-state index contributed by atoms with van der Waals surface area (Å²) in [5.74, 6) is -0.544. The Hall–Kier alpha value is -2.33. The summed E-state index contributed by atoms with van der Waals surface area (Å²) in [6.45, 7) is 1.47. The van der Waals surface area contributed by atoms with Crippen LogP contribution < -0.4 is 4.90 Å². The van der Waals surface area contributed by atoms with Crippen molar-refractivity contribution in [1.29, 1.82) is 0 Å². The molecule has 0 bridgehead atoms. The third kappa shape index (κ3) is 2.97. The van der Waals surface area contributed by atoms with Crippen LogP contribution in [0, 0.1) is 5.92 Å². The first-order valence-electron chi connectivity index (χ1n) is 6.42. The number of para-hydroxylation sites is 1. The number of anilines is 2. The summed E-state index contributed by atoms with van der Waals surface area (Å²) in [6, 6.07) is 15.6. The lowest BCUT2D eigenvalue weighted by Gasteiger charge is -2.25. The minimum atomic E-state index is -0.496. The minimum absolute atomic E-state index is 0.143. The fourth-order valence-electron chi connectivity index (χ4n) is 1.88. The number of aliphatic hydroxyl groups is 1. The zero-order chi connectivity index (χ0) is 14.5. The number of aromatic hydroxyl groups is 1. The van der Waals surface area contributed by atoms with E-state index in [-0.39, 0.29) is 18.3 Å². The fourth-order valence-corrected chi connectivity index (χ4v) is 1.88. The molecule has 0 aliphatic carbocycles. The molecule has 0 fully saturated rings. The molecule has 2 rings (SSSR count). The predicted molar refractivity (Wildman–Crippen MR) is 77.9 cm³/mol. The van der Waals surface area contributed by atoms with Crippen molar-refractivity contribution in [3.8, 4) is 5.75 Å². The third-order valence-electron chi connectivity index (χ3n) is 3.04. The van der Waals surface area contributed by atoms with Crippen LogP contribution in [-0.2, 0) is 4.79 Å². The highest BCUT2D eigenvalue weighted by Crippen LogP contribution is 2.28. The molecule has 1 amide bonds. The second kappa shape index (κ2) is 6.21. The number of nitrogens with zero attached hydrogens (tertiary/aromatic N) is 1. The van der Waals surface area contributed by atoms with Crippen LogP contribution in [0.3, 0.4) is 0 Å². The molecule has 1 atom stereocenters. The molecule has 104 valence electrons. The molecule has 4 heteroatoms. The summed E-state index contributed by atoms with van der Waals surface area (Å²) in [5, 5.41) is 18.6. The Morgan fingerprint density at radius 1 is 1.05 bits per heavy atom. The van der Waals surface area contributed by atoms with Gasteiger partial charge < -0.3 is 10.2 Å². The van der Waals surface area contributed by atoms with Gasteiger partial charge in [0.1, 0.15) is 5.75 Å². The monoisotopic (exact) mass is 271 g/mol. The molecule has 0 aliphatic rings. The molecular weight excluding hydrogens is 254 g/mol. The SMILES string of the molecule is CC(CO)C(=O)N(c1ccccc1)c1ccc(O)cc1. The number of phenolic OH excluding ortho intramolecular Hbond substituents is 1. The van der Waals surface area contributed by atoms with E-state index < -0.39 is 5.92 Å². The highest BCUT2D eigenvalue weighted by atomic mass is 16.3. The number of carbonyl (C=O) groups is 1. The van der Waals surface area contributed by atoms with E-state index in [4.69, 9.17) is 0 Å². The van der Waals surface area contributed by atoms with Gasteiger partial charge in [-0.3, -0.25) is 9.69 Å². The van der Waals surface area contributed by atoms with Crippen LogP contribution in [0.1, 0.15) is 6.92 Å². The van der Waals surface area contributed by atoms with Crippen LogP contribution in [0.25, 0.3) is 0 Å². The van der Waals surface area contributed by atoms with Gasteiger partial charge in [0.2, 0.25) is 5.91 Å². The third-order valence-corrected chi connectivity index (χ3v) is 3.04. The Balaban J connectivity index is 2.44. The molecule has 0 saturated carbocycles. The van der Waals surface area contributed by atoms with Gasteiger partial charge in [0.05, 0.1) is 12.5 Å². The van der Waals surface area contributed by atoms with Crippen molar-refractivity contribution >= 4 is 17.3 Å². The van der Waals surface area contributed by atoms with Crippen LogP contribution in [-0.4, -0.2) is 22.7 Å². The average Bonchev–Trinajstić information content (AvgIpc) is 2.49. The van der Waals surface area contributed by atoms with E-state index in [1.807, 2.05) is 30.3 Å². The van der Waals surface area contributed by atoms with Gasteiger partial charge in [-0.1, -0.05) is 25.1 Å². The normalized spacial score (nSPS) is 11.9. The molecule has 0 aromatic heterocycles. The van der Waals surface area contributed by atoms with Crippen LogP contribution >= 0.6 is 0 Å². The lowest BCUT2D eigenvalue weighted by Crippen LogP contribution is -2.32. The van der Waals surface area contributed by atoms with Gasteiger partial charge in [-0.25, -0.2) is 0 Å². The Morgan fingerprint density at radius 3 is 2.15 bits per heavy atom. The van der Waals surface area contributed by atoms with Gasteiger partial charge in [-0.2, -0.15) is 0 Å². The number of aliphatic hydroxyl groups excluding tert-OH is 1. The number of hydrogen-bond acceptors (Lipinski definition) is 3. The van der Waals surface area contributed by atoms with Crippen molar-refractivity contribution in [2.75, 3.05) is 11.5 Å². The number of carbonyl (C=O) groups excluding carboxylic acids is 1. The van der Waals surface area contributed by atoms with Crippen molar-refractivity contribution in [3.05, 3.63) is 54.6 Å². The maximum Gasteiger partial charge on any atom is 0.236 e. The number of benzene rings is 2. The van der Waals surface area contributed by atoms with Crippen LogP contribution in [0.2, 0.25) is 0 Å². The van der Waals surface area contributed by atoms with E-state index in [0.717, 1.165) is 5.69 Å². The molecule has 0 spiro atoms. The standard InChI is InChI=1S/C16H17NO3/c1-12(11-18)16(20)17(13-5-3-2-4-6-13)14-7-9-15(19)10-8-14/h2-10,12,18-19H,11H2,1H3. The molecule has 0 saturated heterocycles. The molecule has 4 nitrogen and oxygen atoms in total. The number of rotatable bonds is 4. The second-order valence-electron chi connectivity index (χ2n) is 4.61. The molecule has 0 aliphatic heterocycles. The van der Waals surface area contributed by atoms with Gasteiger partial charge in [-0.15, -0.1) is 0 Å². The van der Waals surface area contributed by atoms with Gasteiger partial charge in [-0.05, 0) is 36.4 Å². The summed E-state index contributed by atoms with van der Waals surface area (Å²) in [5.41, 5.74) is 1.38. The highest BCUT2D eigenvalue weighted by Gasteiger charge is 2.22. The molecule has 2 aromatic carbocycles. The lowest BCUT2D eigenvalue weighted by atomic mass is 10.1. The van der Waals surface area contributed by atoms with Crippen molar-refractivity contribution in [1.82, 2.24) is 0 Å². The molecule has 2 N–H and O–H groups in total. The number of amides is 1. The Labute approximate surface area is 117 Å². The average molecular weight is 271 g/mol. The fraction of sp³-hybridized carbons (Fsp3) is 0.188. The quantitative estimate of drug-likeness (QED) is 0.898. The first kappa shape index (κ1) is 14.1. The highest BCUT2D eigenvalue weighted by molar-refractivity contribution is 6.01. The van der Waals surface area contributed by atoms with E-state index in [1.165, 1.54) is 12.1 Å². The van der Waals surface area contributed by atoms with Crippen molar-refractivity contribution in [2.24, 2.45) is 5.92 Å². The topological polar surface area (TPSA) is 60.8 Å². The van der Waals surface area contributed by atoms with Crippen LogP contribution in [0.15, 0.2) is 54.6 Å². The largest absolute Gasteiger partial charge is 0.508 e. The van der Waals surface area contributed by atoms with E-state index in [2.05, 4.69) is 0 Å². The lowest BCUT2D eigenvalue weighted by molar-refractivity contribution is -0.122. The predicted octanol–water partition coefficient (Wildman–Crippen LogP) is 2.69. The van der Waals surface area contributed by atoms with Gasteiger partial charge >= 0.3 is 0 Å². The Bertz CT molecular complexity index is 566.